The summed E-state index contributed by atoms with van der Waals surface area (Å²) in [6.45, 7) is 6.64. The fourth-order valence-electron chi connectivity index (χ4n) is 5.18. The van der Waals surface area contributed by atoms with Crippen molar-refractivity contribution >= 4 is 17.4 Å². The molecule has 0 aromatic heterocycles. The van der Waals surface area contributed by atoms with Crippen LogP contribution in [0.5, 0.6) is 0 Å². The van der Waals surface area contributed by atoms with E-state index in [-0.39, 0.29) is 17.2 Å². The van der Waals surface area contributed by atoms with Gasteiger partial charge >= 0.3 is 0 Å². The van der Waals surface area contributed by atoms with E-state index in [0.717, 1.165) is 50.1 Å². The molecule has 0 aliphatic carbocycles. The van der Waals surface area contributed by atoms with Crippen molar-refractivity contribution in [1.29, 1.82) is 0 Å². The number of thioether (sulfide) groups is 1. The van der Waals surface area contributed by atoms with Crippen LogP contribution in [0.4, 0.5) is 10.1 Å². The molecule has 1 saturated heterocycles. The Labute approximate surface area is 194 Å². The number of anilines is 1. The number of aliphatic hydroxyl groups is 1. The standard InChI is InChI=1S/C26H34FNOS.O2/c1-3-5-14-26(4-2)18-30-23-13-12-21(28-15-6-7-16-28)17-22(23)24(25(26)29)19-8-10-20(27)11-9-19;1-2/h8-13,17,24-25,29H,3-7,14-16,18H2,1-2H3;/t24-,25-,26-;/m1./s1. The van der Waals surface area contributed by atoms with Crippen LogP contribution in [-0.4, -0.2) is 30.1 Å². The fraction of sp³-hybridized carbons (Fsp3) is 0.538. The van der Waals surface area contributed by atoms with Gasteiger partial charge in [-0.3, -0.25) is 0 Å². The molecule has 0 spiro atoms. The number of benzene rings is 2. The highest BCUT2D eigenvalue weighted by Gasteiger charge is 2.44. The molecule has 0 saturated carbocycles. The highest BCUT2D eigenvalue weighted by molar-refractivity contribution is 7.99. The Bertz CT molecular complexity index is 872. The summed E-state index contributed by atoms with van der Waals surface area (Å²) in [5.74, 6) is 0.572. The van der Waals surface area contributed by atoms with Gasteiger partial charge in [0.05, 0.1) is 6.10 Å². The second-order valence-corrected chi connectivity index (χ2v) is 10.0. The third kappa shape index (κ3) is 5.01. The minimum Gasteiger partial charge on any atom is -0.392 e. The molecule has 0 radical (unpaired) electrons. The molecule has 2 aliphatic rings. The van der Waals surface area contributed by atoms with E-state index in [1.807, 2.05) is 23.9 Å². The molecule has 0 unspecified atom stereocenters. The molecule has 1 fully saturated rings. The third-order valence-electron chi connectivity index (χ3n) is 7.22. The van der Waals surface area contributed by atoms with Crippen LogP contribution in [0.3, 0.4) is 0 Å². The van der Waals surface area contributed by atoms with Crippen LogP contribution in [0.25, 0.3) is 0 Å². The average Bonchev–Trinajstić information content (AvgIpc) is 3.34. The second-order valence-electron chi connectivity index (χ2n) is 9.00. The van der Waals surface area contributed by atoms with Crippen LogP contribution in [0.1, 0.15) is 69.4 Å². The van der Waals surface area contributed by atoms with Crippen LogP contribution in [0.2, 0.25) is 0 Å². The summed E-state index contributed by atoms with van der Waals surface area (Å²) in [4.78, 5) is 17.7. The Morgan fingerprint density at radius 3 is 2.41 bits per heavy atom. The van der Waals surface area contributed by atoms with Gasteiger partial charge in [-0.05, 0) is 67.1 Å². The molecule has 0 amide bonds. The maximum atomic E-state index is 13.7. The molecular formula is C26H34FNO3S. The lowest BCUT2D eigenvalue weighted by molar-refractivity contribution is 0.0182. The van der Waals surface area contributed by atoms with Crippen molar-refractivity contribution in [3.05, 3.63) is 69.3 Å². The van der Waals surface area contributed by atoms with Gasteiger partial charge in [0.25, 0.3) is 0 Å². The van der Waals surface area contributed by atoms with Crippen LogP contribution < -0.4 is 4.90 Å². The van der Waals surface area contributed by atoms with Crippen molar-refractivity contribution < 1.29 is 9.50 Å². The van der Waals surface area contributed by atoms with Gasteiger partial charge in [0.1, 0.15) is 5.82 Å². The van der Waals surface area contributed by atoms with E-state index in [4.69, 9.17) is 9.93 Å². The molecule has 2 heterocycles. The molecule has 1 N–H and O–H groups in total. The van der Waals surface area contributed by atoms with E-state index in [0.29, 0.717) is 0 Å². The summed E-state index contributed by atoms with van der Waals surface area (Å²) in [5.41, 5.74) is 3.34. The van der Waals surface area contributed by atoms with Gasteiger partial charge in [-0.2, -0.15) is 0 Å². The fourth-order valence-corrected chi connectivity index (χ4v) is 6.66. The number of unbranched alkanes of at least 4 members (excludes halogenated alkanes) is 1. The van der Waals surface area contributed by atoms with Crippen LogP contribution >= 0.6 is 11.8 Å². The summed E-state index contributed by atoms with van der Waals surface area (Å²) in [7, 11) is 0. The predicted octanol–water partition coefficient (Wildman–Crippen LogP) is 6.68. The molecule has 2 aliphatic heterocycles. The monoisotopic (exact) mass is 459 g/mol. The molecule has 174 valence electrons. The zero-order valence-electron chi connectivity index (χ0n) is 19.1. The highest BCUT2D eigenvalue weighted by atomic mass is 32.2. The van der Waals surface area contributed by atoms with E-state index in [1.54, 1.807) is 0 Å². The first-order valence-corrected chi connectivity index (χ1v) is 12.7. The minimum absolute atomic E-state index is 0.130. The Balaban J connectivity index is 0.00000141. The van der Waals surface area contributed by atoms with E-state index < -0.39 is 6.10 Å². The van der Waals surface area contributed by atoms with Gasteiger partial charge in [-0.15, -0.1) is 11.8 Å². The van der Waals surface area contributed by atoms with Gasteiger partial charge in [0.15, 0.2) is 0 Å². The molecule has 3 atom stereocenters. The second kappa shape index (κ2) is 11.3. The van der Waals surface area contributed by atoms with Crippen molar-refractivity contribution in [2.75, 3.05) is 23.7 Å². The largest absolute Gasteiger partial charge is 0.392 e. The molecule has 2 aromatic rings. The zero-order valence-corrected chi connectivity index (χ0v) is 19.9. The number of nitrogens with zero attached hydrogens (tertiary/aromatic N) is 1. The number of rotatable bonds is 6. The summed E-state index contributed by atoms with van der Waals surface area (Å²) in [5, 5.41) is 11.9. The summed E-state index contributed by atoms with van der Waals surface area (Å²) >= 11 is 1.90. The molecule has 4 rings (SSSR count). The lowest BCUT2D eigenvalue weighted by atomic mass is 9.69. The zero-order chi connectivity index (χ0) is 23.1. The third-order valence-corrected chi connectivity index (χ3v) is 8.62. The lowest BCUT2D eigenvalue weighted by Gasteiger charge is -2.40. The SMILES string of the molecule is CCCC[C@]1(CC)CSc2ccc(N3CCCC3)cc2[C@@H](c2ccc(F)cc2)[C@H]1O.O=O. The smallest absolute Gasteiger partial charge is 0.123 e. The van der Waals surface area contributed by atoms with E-state index >= 15 is 0 Å². The first-order valence-electron chi connectivity index (χ1n) is 11.7. The van der Waals surface area contributed by atoms with Gasteiger partial charge in [0, 0.05) is 50.7 Å². The number of hydrogen-bond acceptors (Lipinski definition) is 5. The first kappa shape index (κ1) is 24.7. The maximum absolute atomic E-state index is 13.7. The lowest BCUT2D eigenvalue weighted by Crippen LogP contribution is -2.40. The highest BCUT2D eigenvalue weighted by Crippen LogP contribution is 2.51. The molecule has 4 nitrogen and oxygen atoms in total. The maximum Gasteiger partial charge on any atom is 0.123 e. The minimum atomic E-state index is -0.484. The summed E-state index contributed by atoms with van der Waals surface area (Å²) in [6.07, 6.45) is 6.23. The summed E-state index contributed by atoms with van der Waals surface area (Å²) in [6, 6.07) is 13.6. The Hall–Kier alpha value is -1.92. The van der Waals surface area contributed by atoms with Gasteiger partial charge < -0.3 is 10.0 Å². The molecule has 2 aromatic carbocycles. The van der Waals surface area contributed by atoms with Crippen LogP contribution in [-0.2, 0) is 0 Å². The molecule has 6 heteroatoms. The van der Waals surface area contributed by atoms with Crippen molar-refractivity contribution in [3.63, 3.8) is 0 Å². The van der Waals surface area contributed by atoms with Crippen molar-refractivity contribution in [2.45, 2.75) is 69.3 Å². The predicted molar refractivity (Wildman–Crippen MR) is 132 cm³/mol. The van der Waals surface area contributed by atoms with Crippen LogP contribution in [0.15, 0.2) is 47.4 Å². The topological polar surface area (TPSA) is 57.6 Å². The van der Waals surface area contributed by atoms with Gasteiger partial charge in [-0.25, -0.2) is 4.39 Å². The normalized spacial score (nSPS) is 24.9. The summed E-state index contributed by atoms with van der Waals surface area (Å²) < 4.78 is 13.7. The molecular weight excluding hydrogens is 425 g/mol. The number of aliphatic hydroxyl groups excluding tert-OH is 1. The number of hydrogen-bond donors (Lipinski definition) is 1. The average molecular weight is 460 g/mol. The van der Waals surface area contributed by atoms with Crippen molar-refractivity contribution in [1.82, 2.24) is 0 Å². The number of halogens is 1. The Kier molecular flexibility index (Phi) is 8.72. The van der Waals surface area contributed by atoms with Crippen molar-refractivity contribution in [3.8, 4) is 0 Å². The Morgan fingerprint density at radius 1 is 1.09 bits per heavy atom. The van der Waals surface area contributed by atoms with Crippen molar-refractivity contribution in [2.24, 2.45) is 5.41 Å². The molecule has 32 heavy (non-hydrogen) atoms. The number of fused-ring (bicyclic) bond motifs is 1. The molecule has 0 bridgehead atoms. The Morgan fingerprint density at radius 2 is 1.78 bits per heavy atom. The van der Waals surface area contributed by atoms with Gasteiger partial charge in [0.2, 0.25) is 0 Å². The van der Waals surface area contributed by atoms with Crippen LogP contribution in [0, 0.1) is 21.2 Å². The first-order chi connectivity index (χ1) is 15.6. The van der Waals surface area contributed by atoms with E-state index in [9.17, 15) is 9.50 Å². The van der Waals surface area contributed by atoms with Gasteiger partial charge in [-0.1, -0.05) is 38.8 Å². The van der Waals surface area contributed by atoms with E-state index in [2.05, 4.69) is 36.9 Å². The quantitative estimate of drug-likeness (QED) is 0.522. The van der Waals surface area contributed by atoms with E-state index in [1.165, 1.54) is 41.1 Å².